The molecule has 4 atom stereocenters. The fourth-order valence-corrected chi connectivity index (χ4v) is 5.21. The van der Waals surface area contributed by atoms with Gasteiger partial charge in [0.1, 0.15) is 12.7 Å². The number of rotatable bonds is 20. The van der Waals surface area contributed by atoms with Gasteiger partial charge in [0.15, 0.2) is 11.5 Å². The molecule has 0 spiro atoms. The van der Waals surface area contributed by atoms with E-state index in [1.165, 1.54) is 6.92 Å². The molecule has 0 saturated carbocycles. The number of benzene rings is 2. The summed E-state index contributed by atoms with van der Waals surface area (Å²) in [6, 6.07) is 15.1. The van der Waals surface area contributed by atoms with E-state index < -0.39 is 35.8 Å². The Hall–Kier alpha value is -3.59. The maximum atomic E-state index is 13.2. The summed E-state index contributed by atoms with van der Waals surface area (Å²) in [6.07, 6.45) is 0.616. The van der Waals surface area contributed by atoms with Gasteiger partial charge in [0.05, 0.1) is 25.6 Å². The van der Waals surface area contributed by atoms with Crippen LogP contribution >= 0.6 is 0 Å². The largest absolute Gasteiger partial charge is 0.493 e. The predicted molar refractivity (Wildman–Crippen MR) is 167 cm³/mol. The van der Waals surface area contributed by atoms with E-state index in [0.29, 0.717) is 31.1 Å². The van der Waals surface area contributed by atoms with E-state index in [0.717, 1.165) is 17.5 Å². The van der Waals surface area contributed by atoms with Crippen LogP contribution in [0.1, 0.15) is 65.0 Å². The second kappa shape index (κ2) is 18.9. The van der Waals surface area contributed by atoms with Crippen LogP contribution in [0.25, 0.3) is 0 Å². The molecule has 2 rings (SSSR count). The molecule has 0 bridgehead atoms. The Bertz CT molecular complexity index is 1160. The normalized spacial score (nSPS) is 14.0. The van der Waals surface area contributed by atoms with E-state index in [4.69, 9.17) is 23.7 Å². The summed E-state index contributed by atoms with van der Waals surface area (Å²) in [5.41, 5.74) is 1.83. The van der Waals surface area contributed by atoms with E-state index in [-0.39, 0.29) is 37.2 Å². The highest BCUT2D eigenvalue weighted by atomic mass is 16.5. The van der Waals surface area contributed by atoms with Crippen molar-refractivity contribution in [2.75, 3.05) is 27.4 Å². The smallest absolute Gasteiger partial charge is 0.310 e. The summed E-state index contributed by atoms with van der Waals surface area (Å²) < 4.78 is 27.8. The van der Waals surface area contributed by atoms with Crippen molar-refractivity contribution < 1.29 is 43.2 Å². The highest BCUT2D eigenvalue weighted by Gasteiger charge is 2.38. The zero-order valence-corrected chi connectivity index (χ0v) is 27.2. The van der Waals surface area contributed by atoms with Gasteiger partial charge in [0, 0.05) is 27.1 Å². The van der Waals surface area contributed by atoms with Crippen LogP contribution in [0.3, 0.4) is 0 Å². The van der Waals surface area contributed by atoms with Crippen LogP contribution in [0.5, 0.6) is 11.5 Å². The van der Waals surface area contributed by atoms with Crippen LogP contribution in [0.15, 0.2) is 48.5 Å². The minimum absolute atomic E-state index is 0.0502. The number of ether oxygens (including phenoxy) is 5. The van der Waals surface area contributed by atoms with E-state index >= 15 is 0 Å². The van der Waals surface area contributed by atoms with Crippen molar-refractivity contribution in [3.8, 4) is 11.5 Å². The lowest BCUT2D eigenvalue weighted by molar-refractivity contribution is -0.164. The first-order chi connectivity index (χ1) is 21.0. The van der Waals surface area contributed by atoms with Gasteiger partial charge >= 0.3 is 17.9 Å². The van der Waals surface area contributed by atoms with E-state index in [1.807, 2.05) is 76.2 Å². The van der Waals surface area contributed by atoms with Gasteiger partial charge in [-0.3, -0.25) is 14.4 Å². The van der Waals surface area contributed by atoms with Crippen LogP contribution in [0, 0.1) is 29.6 Å². The third-order valence-electron chi connectivity index (χ3n) is 7.88. The number of methoxy groups -OCH3 is 2. The van der Waals surface area contributed by atoms with E-state index in [1.54, 1.807) is 14.2 Å². The minimum atomic E-state index is -1.07. The van der Waals surface area contributed by atoms with Gasteiger partial charge in [-0.1, -0.05) is 64.1 Å². The third kappa shape index (κ3) is 12.2. The number of hydrogen-bond acceptors (Lipinski definition) is 8. The molecule has 0 amide bonds. The van der Waals surface area contributed by atoms with Gasteiger partial charge in [-0.25, -0.2) is 0 Å². The molecule has 9 heteroatoms. The Labute approximate surface area is 262 Å². The van der Waals surface area contributed by atoms with E-state index in [9.17, 15) is 19.5 Å². The zero-order chi connectivity index (χ0) is 32.6. The summed E-state index contributed by atoms with van der Waals surface area (Å²) in [5, 5.41) is 10.4. The lowest BCUT2D eigenvalue weighted by atomic mass is 9.77. The highest BCUT2D eigenvalue weighted by molar-refractivity contribution is 5.74. The summed E-state index contributed by atoms with van der Waals surface area (Å²) in [7, 11) is 3.23. The SMILES string of the molecule is COCCCOc1cc(CC(CC(C(=O)O)C(CC(C(=O)OCc2ccccc2)C(C)C)OC(C)=O)C(C)C)ccc1OC. The summed E-state index contributed by atoms with van der Waals surface area (Å²) in [4.78, 5) is 38.1. The van der Waals surface area contributed by atoms with Gasteiger partial charge in [-0.05, 0) is 60.3 Å². The van der Waals surface area contributed by atoms with Crippen molar-refractivity contribution in [3.05, 3.63) is 59.7 Å². The van der Waals surface area contributed by atoms with Gasteiger partial charge < -0.3 is 28.8 Å². The Kier molecular flexibility index (Phi) is 15.8. The van der Waals surface area contributed by atoms with Crippen molar-refractivity contribution in [2.45, 2.75) is 73.0 Å². The first-order valence-corrected chi connectivity index (χ1v) is 15.4. The fourth-order valence-electron chi connectivity index (χ4n) is 5.21. The lowest BCUT2D eigenvalue weighted by Crippen LogP contribution is -2.38. The molecule has 0 aliphatic rings. The molecule has 2 aromatic carbocycles. The lowest BCUT2D eigenvalue weighted by Gasteiger charge is -2.32. The van der Waals surface area contributed by atoms with E-state index in [2.05, 4.69) is 0 Å². The summed E-state index contributed by atoms with van der Waals surface area (Å²) in [5.74, 6) is -2.64. The zero-order valence-electron chi connectivity index (χ0n) is 27.2. The van der Waals surface area contributed by atoms with Crippen LogP contribution in [-0.4, -0.2) is 56.6 Å². The van der Waals surface area contributed by atoms with Crippen molar-refractivity contribution in [1.82, 2.24) is 0 Å². The third-order valence-corrected chi connectivity index (χ3v) is 7.88. The maximum Gasteiger partial charge on any atom is 0.310 e. The number of aliphatic carboxylic acids is 1. The Balaban J connectivity index is 2.26. The first-order valence-electron chi connectivity index (χ1n) is 15.4. The van der Waals surface area contributed by atoms with Gasteiger partial charge in [0.25, 0.3) is 0 Å². The molecule has 9 nitrogen and oxygen atoms in total. The Morgan fingerprint density at radius 3 is 2.09 bits per heavy atom. The van der Waals surface area contributed by atoms with Gasteiger partial charge in [-0.2, -0.15) is 0 Å². The molecule has 0 heterocycles. The highest BCUT2D eigenvalue weighted by Crippen LogP contribution is 2.34. The maximum absolute atomic E-state index is 13.2. The number of carboxylic acids is 1. The number of carbonyl (C=O) groups is 3. The molecule has 0 fully saturated rings. The second-order valence-electron chi connectivity index (χ2n) is 11.9. The molecule has 2 aromatic rings. The summed E-state index contributed by atoms with van der Waals surface area (Å²) in [6.45, 7) is 10.3. The quantitative estimate of drug-likeness (QED) is 0.134. The minimum Gasteiger partial charge on any atom is -0.493 e. The molecule has 244 valence electrons. The molecule has 1 N–H and O–H groups in total. The number of hydrogen-bond donors (Lipinski definition) is 1. The summed E-state index contributed by atoms with van der Waals surface area (Å²) >= 11 is 0. The fraction of sp³-hybridized carbons (Fsp3) is 0.571. The molecule has 0 saturated heterocycles. The Morgan fingerprint density at radius 2 is 1.52 bits per heavy atom. The molecule has 0 radical (unpaired) electrons. The van der Waals surface area contributed by atoms with Crippen LogP contribution in [0.4, 0.5) is 0 Å². The number of esters is 2. The molecule has 4 unspecified atom stereocenters. The van der Waals surface area contributed by atoms with Gasteiger partial charge in [0.2, 0.25) is 0 Å². The molecular formula is C35H50O9. The molecule has 0 aliphatic heterocycles. The number of carboxylic acid groups (broad SMARTS) is 1. The molecule has 44 heavy (non-hydrogen) atoms. The second-order valence-corrected chi connectivity index (χ2v) is 11.9. The van der Waals surface area contributed by atoms with Crippen molar-refractivity contribution >= 4 is 17.9 Å². The van der Waals surface area contributed by atoms with Crippen LogP contribution < -0.4 is 9.47 Å². The molecule has 0 aliphatic carbocycles. The predicted octanol–water partition coefficient (Wildman–Crippen LogP) is 6.35. The molecular weight excluding hydrogens is 564 g/mol. The first kappa shape index (κ1) is 36.6. The van der Waals surface area contributed by atoms with Crippen molar-refractivity contribution in [1.29, 1.82) is 0 Å². The average molecular weight is 615 g/mol. The topological polar surface area (TPSA) is 118 Å². The van der Waals surface area contributed by atoms with Crippen molar-refractivity contribution in [2.24, 2.45) is 29.6 Å². The molecule has 0 aromatic heterocycles. The van der Waals surface area contributed by atoms with Gasteiger partial charge in [-0.15, -0.1) is 0 Å². The van der Waals surface area contributed by atoms with Crippen molar-refractivity contribution in [3.63, 3.8) is 0 Å². The monoisotopic (exact) mass is 614 g/mol. The van der Waals surface area contributed by atoms with Crippen LogP contribution in [0.2, 0.25) is 0 Å². The average Bonchev–Trinajstić information content (AvgIpc) is 2.98. The van der Waals surface area contributed by atoms with Crippen LogP contribution in [-0.2, 0) is 41.6 Å². The standard InChI is InChI=1S/C35H50O9/c1-23(2)28(18-27-14-15-31(41-7)33(19-27)42-17-11-16-40-6)20-30(34(37)38)32(44-25(5)36)21-29(24(3)4)35(39)43-22-26-12-9-8-10-13-26/h8-10,12-15,19,23-24,28-30,32H,11,16-18,20-22H2,1-7H3,(H,37,38). The Morgan fingerprint density at radius 1 is 0.818 bits per heavy atom. The number of carbonyl (C=O) groups excluding carboxylic acids is 2.